The monoisotopic (exact) mass is 147 g/mol. The van der Waals surface area contributed by atoms with Crippen LogP contribution in [0.1, 0.15) is 17.9 Å². The van der Waals surface area contributed by atoms with Gasteiger partial charge in [-0.25, -0.2) is 0 Å². The van der Waals surface area contributed by atoms with E-state index < -0.39 is 0 Å². The lowest BCUT2D eigenvalue weighted by molar-refractivity contribution is -0.108. The van der Waals surface area contributed by atoms with E-state index in [0.717, 1.165) is 12.7 Å². The molecule has 1 aliphatic rings. The first-order valence-electron chi connectivity index (χ1n) is 3.77. The number of carbonyl (C=O) groups excluding carboxylic acids is 1. The molecule has 0 N–H and O–H groups in total. The van der Waals surface area contributed by atoms with Crippen molar-refractivity contribution in [3.8, 4) is 0 Å². The number of pyridine rings is 1. The van der Waals surface area contributed by atoms with Gasteiger partial charge in [0.15, 0.2) is 0 Å². The molecule has 0 aliphatic heterocycles. The third-order valence-corrected chi connectivity index (χ3v) is 2.13. The van der Waals surface area contributed by atoms with Crippen molar-refractivity contribution in [2.24, 2.45) is 5.92 Å². The summed E-state index contributed by atoms with van der Waals surface area (Å²) in [4.78, 5) is 14.3. The van der Waals surface area contributed by atoms with Crippen LogP contribution in [0.15, 0.2) is 24.5 Å². The molecule has 1 heterocycles. The summed E-state index contributed by atoms with van der Waals surface area (Å²) < 4.78 is 0. The molecule has 0 spiro atoms. The Hall–Kier alpha value is -1.18. The van der Waals surface area contributed by atoms with Crippen LogP contribution >= 0.6 is 0 Å². The van der Waals surface area contributed by atoms with Crippen molar-refractivity contribution in [3.05, 3.63) is 30.1 Å². The minimum atomic E-state index is 0.263. The van der Waals surface area contributed by atoms with E-state index in [1.54, 1.807) is 6.20 Å². The standard InChI is InChI=1S/C9H9NO/c11-6-8-4-9(8)7-2-1-3-10-5-7/h1-3,5-6,8-9H,4H2. The van der Waals surface area contributed by atoms with Gasteiger partial charge in [0.25, 0.3) is 0 Å². The highest BCUT2D eigenvalue weighted by molar-refractivity contribution is 5.61. The molecule has 1 aliphatic carbocycles. The molecule has 2 unspecified atom stereocenters. The zero-order chi connectivity index (χ0) is 7.68. The fourth-order valence-corrected chi connectivity index (χ4v) is 1.34. The van der Waals surface area contributed by atoms with E-state index in [0.29, 0.717) is 5.92 Å². The van der Waals surface area contributed by atoms with Gasteiger partial charge < -0.3 is 4.79 Å². The SMILES string of the molecule is O=CC1CC1c1cccnc1. The number of rotatable bonds is 2. The Balaban J connectivity index is 2.14. The smallest absolute Gasteiger partial charge is 0.123 e. The molecule has 1 saturated carbocycles. The Labute approximate surface area is 65.3 Å². The van der Waals surface area contributed by atoms with Crippen molar-refractivity contribution in [1.82, 2.24) is 4.98 Å². The molecule has 0 saturated heterocycles. The second kappa shape index (κ2) is 2.46. The maximum atomic E-state index is 10.3. The van der Waals surface area contributed by atoms with Crippen LogP contribution in [0.5, 0.6) is 0 Å². The molecule has 1 aromatic heterocycles. The summed E-state index contributed by atoms with van der Waals surface area (Å²) in [6.07, 6.45) is 5.64. The summed E-state index contributed by atoms with van der Waals surface area (Å²) in [5, 5.41) is 0. The summed E-state index contributed by atoms with van der Waals surface area (Å²) in [7, 11) is 0. The van der Waals surface area contributed by atoms with Crippen molar-refractivity contribution >= 4 is 6.29 Å². The number of hydrogen-bond acceptors (Lipinski definition) is 2. The van der Waals surface area contributed by atoms with Crippen LogP contribution in [0.3, 0.4) is 0 Å². The van der Waals surface area contributed by atoms with Gasteiger partial charge in [-0.3, -0.25) is 4.98 Å². The zero-order valence-electron chi connectivity index (χ0n) is 6.10. The summed E-state index contributed by atoms with van der Waals surface area (Å²) in [5.41, 5.74) is 1.20. The van der Waals surface area contributed by atoms with Crippen LogP contribution in [-0.2, 0) is 4.79 Å². The van der Waals surface area contributed by atoms with Crippen LogP contribution in [0.25, 0.3) is 0 Å². The molecule has 0 radical (unpaired) electrons. The van der Waals surface area contributed by atoms with Crippen molar-refractivity contribution in [2.75, 3.05) is 0 Å². The van der Waals surface area contributed by atoms with E-state index in [2.05, 4.69) is 4.98 Å². The molecule has 2 rings (SSSR count). The Morgan fingerprint density at radius 2 is 2.55 bits per heavy atom. The largest absolute Gasteiger partial charge is 0.303 e. The van der Waals surface area contributed by atoms with Gasteiger partial charge in [-0.05, 0) is 24.0 Å². The van der Waals surface area contributed by atoms with Gasteiger partial charge in [0.2, 0.25) is 0 Å². The normalized spacial score (nSPS) is 28.0. The lowest BCUT2D eigenvalue weighted by Gasteiger charge is -1.93. The number of aldehydes is 1. The van der Waals surface area contributed by atoms with Crippen LogP contribution < -0.4 is 0 Å². The first kappa shape index (κ1) is 6.53. The lowest BCUT2D eigenvalue weighted by atomic mass is 10.2. The quantitative estimate of drug-likeness (QED) is 0.591. The van der Waals surface area contributed by atoms with Crippen LogP contribution in [-0.4, -0.2) is 11.3 Å². The predicted molar refractivity (Wildman–Crippen MR) is 41.1 cm³/mol. The van der Waals surface area contributed by atoms with Gasteiger partial charge in [0.1, 0.15) is 6.29 Å². The number of hydrogen-bond donors (Lipinski definition) is 0. The topological polar surface area (TPSA) is 30.0 Å². The van der Waals surface area contributed by atoms with Gasteiger partial charge in [-0.15, -0.1) is 0 Å². The average Bonchev–Trinajstić information content (AvgIpc) is 2.85. The zero-order valence-corrected chi connectivity index (χ0v) is 6.10. The van der Waals surface area contributed by atoms with Crippen LogP contribution in [0.4, 0.5) is 0 Å². The van der Waals surface area contributed by atoms with Crippen LogP contribution in [0, 0.1) is 5.92 Å². The third-order valence-electron chi connectivity index (χ3n) is 2.13. The van der Waals surface area contributed by atoms with Gasteiger partial charge >= 0.3 is 0 Å². The van der Waals surface area contributed by atoms with Crippen molar-refractivity contribution < 1.29 is 4.79 Å². The Kier molecular flexibility index (Phi) is 1.46. The minimum Gasteiger partial charge on any atom is -0.303 e. The molecule has 2 atom stereocenters. The van der Waals surface area contributed by atoms with E-state index in [9.17, 15) is 4.79 Å². The van der Waals surface area contributed by atoms with E-state index >= 15 is 0 Å². The van der Waals surface area contributed by atoms with E-state index in [1.807, 2.05) is 18.3 Å². The summed E-state index contributed by atoms with van der Waals surface area (Å²) >= 11 is 0. The molecular weight excluding hydrogens is 138 g/mol. The Bertz CT molecular complexity index is 258. The number of nitrogens with zero attached hydrogens (tertiary/aromatic N) is 1. The highest BCUT2D eigenvalue weighted by atomic mass is 16.1. The van der Waals surface area contributed by atoms with Gasteiger partial charge in [0, 0.05) is 18.3 Å². The fourth-order valence-electron chi connectivity index (χ4n) is 1.34. The van der Waals surface area contributed by atoms with E-state index in [-0.39, 0.29) is 5.92 Å². The number of carbonyl (C=O) groups is 1. The Morgan fingerprint density at radius 1 is 1.64 bits per heavy atom. The molecule has 11 heavy (non-hydrogen) atoms. The summed E-state index contributed by atoms with van der Waals surface area (Å²) in [6.45, 7) is 0. The molecular formula is C9H9NO. The first-order valence-corrected chi connectivity index (χ1v) is 3.77. The summed E-state index contributed by atoms with van der Waals surface area (Å²) in [5.74, 6) is 0.723. The van der Waals surface area contributed by atoms with E-state index in [1.165, 1.54) is 5.56 Å². The second-order valence-electron chi connectivity index (χ2n) is 2.93. The average molecular weight is 147 g/mol. The molecule has 56 valence electrons. The minimum absolute atomic E-state index is 0.263. The maximum Gasteiger partial charge on any atom is 0.123 e. The van der Waals surface area contributed by atoms with Gasteiger partial charge in [-0.2, -0.15) is 0 Å². The van der Waals surface area contributed by atoms with Gasteiger partial charge in [0.05, 0.1) is 0 Å². The van der Waals surface area contributed by atoms with Crippen LogP contribution in [0.2, 0.25) is 0 Å². The third kappa shape index (κ3) is 1.16. The highest BCUT2D eigenvalue weighted by Crippen LogP contribution is 2.45. The molecule has 0 aromatic carbocycles. The van der Waals surface area contributed by atoms with E-state index in [4.69, 9.17) is 0 Å². The molecule has 0 bridgehead atoms. The summed E-state index contributed by atoms with van der Waals surface area (Å²) in [6, 6.07) is 3.94. The molecule has 1 fully saturated rings. The predicted octanol–water partition coefficient (Wildman–Crippen LogP) is 1.38. The lowest BCUT2D eigenvalue weighted by Crippen LogP contribution is -1.84. The van der Waals surface area contributed by atoms with Crippen molar-refractivity contribution in [2.45, 2.75) is 12.3 Å². The van der Waals surface area contributed by atoms with Crippen molar-refractivity contribution in [3.63, 3.8) is 0 Å². The second-order valence-corrected chi connectivity index (χ2v) is 2.93. The molecule has 0 amide bonds. The highest BCUT2D eigenvalue weighted by Gasteiger charge is 2.37. The molecule has 2 nitrogen and oxygen atoms in total. The molecule has 2 heteroatoms. The fraction of sp³-hybridized carbons (Fsp3) is 0.333. The van der Waals surface area contributed by atoms with Gasteiger partial charge in [-0.1, -0.05) is 6.07 Å². The maximum absolute atomic E-state index is 10.3. The first-order chi connectivity index (χ1) is 5.42. The molecule has 1 aromatic rings. The number of aromatic nitrogens is 1. The van der Waals surface area contributed by atoms with Crippen molar-refractivity contribution in [1.29, 1.82) is 0 Å². The Morgan fingerprint density at radius 3 is 3.09 bits per heavy atom.